The van der Waals surface area contributed by atoms with E-state index in [0.717, 1.165) is 31.1 Å². The highest BCUT2D eigenvalue weighted by atomic mass is 15.1. The third-order valence-corrected chi connectivity index (χ3v) is 3.86. The number of hydrogen-bond donors (Lipinski definition) is 1. The van der Waals surface area contributed by atoms with Gasteiger partial charge in [-0.05, 0) is 18.8 Å². The van der Waals surface area contributed by atoms with Gasteiger partial charge in [0.05, 0.1) is 6.04 Å². The van der Waals surface area contributed by atoms with Crippen molar-refractivity contribution in [1.82, 2.24) is 9.55 Å². The van der Waals surface area contributed by atoms with Crippen molar-refractivity contribution in [3.8, 4) is 0 Å². The van der Waals surface area contributed by atoms with E-state index in [2.05, 4.69) is 22.7 Å². The Morgan fingerprint density at radius 2 is 2.18 bits per heavy atom. The van der Waals surface area contributed by atoms with E-state index < -0.39 is 0 Å². The second kappa shape index (κ2) is 6.20. The molecule has 3 nitrogen and oxygen atoms in total. The lowest BCUT2D eigenvalue weighted by Crippen LogP contribution is -2.21. The van der Waals surface area contributed by atoms with Gasteiger partial charge in [0.25, 0.3) is 0 Å². The largest absolute Gasteiger partial charge is 0.334 e. The molecule has 0 amide bonds. The first-order chi connectivity index (χ1) is 8.31. The molecular formula is C14H25N3. The molecule has 1 heterocycles. The minimum Gasteiger partial charge on any atom is -0.334 e. The van der Waals surface area contributed by atoms with E-state index >= 15 is 0 Å². The van der Waals surface area contributed by atoms with Crippen LogP contribution in [0, 0.1) is 5.92 Å². The van der Waals surface area contributed by atoms with E-state index in [1.807, 2.05) is 6.20 Å². The molecule has 0 spiro atoms. The Hall–Kier alpha value is -0.830. The fraction of sp³-hybridized carbons (Fsp3) is 0.786. The second-order valence-corrected chi connectivity index (χ2v) is 5.33. The SMILES string of the molecule is CCCn1ccnc1C(N)CC1CCCCC1. The predicted molar refractivity (Wildman–Crippen MR) is 70.6 cm³/mol. The second-order valence-electron chi connectivity index (χ2n) is 5.33. The maximum Gasteiger partial charge on any atom is 0.125 e. The molecule has 1 fully saturated rings. The molecule has 0 aliphatic heterocycles. The fourth-order valence-electron chi connectivity index (χ4n) is 2.97. The van der Waals surface area contributed by atoms with Crippen molar-refractivity contribution >= 4 is 0 Å². The number of nitrogens with zero attached hydrogens (tertiary/aromatic N) is 2. The quantitative estimate of drug-likeness (QED) is 0.851. The minimum absolute atomic E-state index is 0.125. The van der Waals surface area contributed by atoms with E-state index in [9.17, 15) is 0 Å². The molecule has 2 N–H and O–H groups in total. The van der Waals surface area contributed by atoms with Gasteiger partial charge in [-0.25, -0.2) is 4.98 Å². The van der Waals surface area contributed by atoms with Crippen molar-refractivity contribution < 1.29 is 0 Å². The Morgan fingerprint density at radius 3 is 2.88 bits per heavy atom. The van der Waals surface area contributed by atoms with Crippen LogP contribution < -0.4 is 5.73 Å². The van der Waals surface area contributed by atoms with Gasteiger partial charge in [0.2, 0.25) is 0 Å². The van der Waals surface area contributed by atoms with E-state index in [1.165, 1.54) is 32.1 Å². The van der Waals surface area contributed by atoms with Gasteiger partial charge in [-0.15, -0.1) is 0 Å². The van der Waals surface area contributed by atoms with Gasteiger partial charge in [0.15, 0.2) is 0 Å². The standard InChI is InChI=1S/C14H25N3/c1-2-9-17-10-8-16-14(17)13(15)11-12-6-4-3-5-7-12/h8,10,12-13H,2-7,9,11,15H2,1H3. The molecule has 17 heavy (non-hydrogen) atoms. The monoisotopic (exact) mass is 235 g/mol. The highest BCUT2D eigenvalue weighted by Crippen LogP contribution is 2.30. The van der Waals surface area contributed by atoms with Gasteiger partial charge in [0, 0.05) is 18.9 Å². The van der Waals surface area contributed by atoms with Gasteiger partial charge in [-0.2, -0.15) is 0 Å². The van der Waals surface area contributed by atoms with Crippen molar-refractivity contribution in [3.05, 3.63) is 18.2 Å². The van der Waals surface area contributed by atoms with Crippen LogP contribution in [0.3, 0.4) is 0 Å². The van der Waals surface area contributed by atoms with Crippen LogP contribution in [0.5, 0.6) is 0 Å². The minimum atomic E-state index is 0.125. The third-order valence-electron chi connectivity index (χ3n) is 3.86. The number of imidazole rings is 1. The molecule has 1 aliphatic carbocycles. The van der Waals surface area contributed by atoms with Crippen LogP contribution in [-0.2, 0) is 6.54 Å². The molecule has 1 saturated carbocycles. The van der Waals surface area contributed by atoms with Crippen molar-refractivity contribution in [2.45, 2.75) is 64.5 Å². The average molecular weight is 235 g/mol. The summed E-state index contributed by atoms with van der Waals surface area (Å²) < 4.78 is 2.22. The Balaban J connectivity index is 1.93. The molecule has 3 heteroatoms. The molecule has 1 aliphatic rings. The predicted octanol–water partition coefficient (Wildman–Crippen LogP) is 3.26. The zero-order chi connectivity index (χ0) is 12.1. The summed E-state index contributed by atoms with van der Waals surface area (Å²) in [5.41, 5.74) is 6.32. The lowest BCUT2D eigenvalue weighted by atomic mass is 9.85. The first-order valence-corrected chi connectivity index (χ1v) is 7.08. The maximum absolute atomic E-state index is 6.32. The van der Waals surface area contributed by atoms with Crippen molar-refractivity contribution in [1.29, 1.82) is 0 Å². The van der Waals surface area contributed by atoms with Gasteiger partial charge in [0.1, 0.15) is 5.82 Å². The first-order valence-electron chi connectivity index (χ1n) is 7.08. The number of rotatable bonds is 5. The molecule has 96 valence electrons. The van der Waals surface area contributed by atoms with Gasteiger partial charge >= 0.3 is 0 Å². The number of aromatic nitrogens is 2. The highest BCUT2D eigenvalue weighted by Gasteiger charge is 2.20. The summed E-state index contributed by atoms with van der Waals surface area (Å²) in [6.07, 6.45) is 13.1. The lowest BCUT2D eigenvalue weighted by molar-refractivity contribution is 0.313. The van der Waals surface area contributed by atoms with E-state index in [1.54, 1.807) is 0 Å². The molecule has 0 bridgehead atoms. The Labute approximate surface area is 104 Å². The Morgan fingerprint density at radius 1 is 1.41 bits per heavy atom. The number of aryl methyl sites for hydroxylation is 1. The first kappa shape index (κ1) is 12.6. The molecule has 2 rings (SSSR count). The summed E-state index contributed by atoms with van der Waals surface area (Å²) in [5, 5.41) is 0. The van der Waals surface area contributed by atoms with Crippen molar-refractivity contribution in [3.63, 3.8) is 0 Å². The zero-order valence-electron chi connectivity index (χ0n) is 10.9. The van der Waals surface area contributed by atoms with Gasteiger partial charge < -0.3 is 10.3 Å². The van der Waals surface area contributed by atoms with Crippen LogP contribution in [0.1, 0.15) is 63.7 Å². The van der Waals surface area contributed by atoms with E-state index in [4.69, 9.17) is 5.73 Å². The summed E-state index contributed by atoms with van der Waals surface area (Å²) in [5.74, 6) is 1.91. The van der Waals surface area contributed by atoms with Crippen LogP contribution in [0.2, 0.25) is 0 Å². The maximum atomic E-state index is 6.32. The van der Waals surface area contributed by atoms with Gasteiger partial charge in [-0.3, -0.25) is 0 Å². The van der Waals surface area contributed by atoms with Gasteiger partial charge in [-0.1, -0.05) is 39.0 Å². The van der Waals surface area contributed by atoms with E-state index in [-0.39, 0.29) is 6.04 Å². The molecule has 0 saturated heterocycles. The van der Waals surface area contributed by atoms with E-state index in [0.29, 0.717) is 0 Å². The number of hydrogen-bond acceptors (Lipinski definition) is 2. The fourth-order valence-corrected chi connectivity index (χ4v) is 2.97. The van der Waals surface area contributed by atoms with Crippen LogP contribution in [0.25, 0.3) is 0 Å². The summed E-state index contributed by atoms with van der Waals surface area (Å²) in [4.78, 5) is 4.44. The van der Waals surface area contributed by atoms with Crippen LogP contribution in [-0.4, -0.2) is 9.55 Å². The normalized spacial score (nSPS) is 19.4. The highest BCUT2D eigenvalue weighted by molar-refractivity contribution is 4.99. The summed E-state index contributed by atoms with van der Waals surface area (Å²) in [7, 11) is 0. The van der Waals surface area contributed by atoms with Crippen LogP contribution in [0.4, 0.5) is 0 Å². The van der Waals surface area contributed by atoms with Crippen molar-refractivity contribution in [2.24, 2.45) is 11.7 Å². The Kier molecular flexibility index (Phi) is 4.60. The van der Waals surface area contributed by atoms with Crippen molar-refractivity contribution in [2.75, 3.05) is 0 Å². The molecule has 1 unspecified atom stereocenters. The third kappa shape index (κ3) is 3.32. The Bertz CT molecular complexity index is 326. The molecule has 0 radical (unpaired) electrons. The summed E-state index contributed by atoms with van der Waals surface area (Å²) in [6.45, 7) is 3.23. The number of nitrogens with two attached hydrogens (primary N) is 1. The topological polar surface area (TPSA) is 43.8 Å². The summed E-state index contributed by atoms with van der Waals surface area (Å²) in [6, 6.07) is 0.125. The molecular weight excluding hydrogens is 210 g/mol. The van der Waals surface area contributed by atoms with Crippen LogP contribution in [0.15, 0.2) is 12.4 Å². The summed E-state index contributed by atoms with van der Waals surface area (Å²) >= 11 is 0. The zero-order valence-corrected chi connectivity index (χ0v) is 10.9. The molecule has 1 aromatic rings. The van der Waals surface area contributed by atoms with Crippen LogP contribution >= 0.6 is 0 Å². The molecule has 0 aromatic carbocycles. The smallest absolute Gasteiger partial charge is 0.125 e. The molecule has 1 atom stereocenters. The average Bonchev–Trinajstić information content (AvgIpc) is 2.79. The molecule has 1 aromatic heterocycles. The lowest BCUT2D eigenvalue weighted by Gasteiger charge is -2.24.